The van der Waals surface area contributed by atoms with Crippen LogP contribution in [0.1, 0.15) is 39.0 Å². The van der Waals surface area contributed by atoms with Crippen LogP contribution in [0.4, 0.5) is 13.2 Å². The number of rotatable bonds is 5. The van der Waals surface area contributed by atoms with Gasteiger partial charge in [0.2, 0.25) is 0 Å². The summed E-state index contributed by atoms with van der Waals surface area (Å²) in [5, 5.41) is 8.33. The standard InChI is InChI=1S/C25H17Cl3F3N3O2/c1-14-8-16(4-7-21(14)23(35)33-32-13-15-2-5-18(26)6-3-15)22-12-24(36-34-22,25(29,30)31)17-9-19(27)11-20(28)10-17/h2-11,13H,12H2,1H3,(H,33,35). The summed E-state index contributed by atoms with van der Waals surface area (Å²) in [6.07, 6.45) is -3.94. The zero-order valence-electron chi connectivity index (χ0n) is 18.5. The van der Waals surface area contributed by atoms with Gasteiger partial charge in [-0.1, -0.05) is 58.2 Å². The number of hydrogen-bond donors (Lipinski definition) is 1. The summed E-state index contributed by atoms with van der Waals surface area (Å²) in [6.45, 7) is 1.66. The van der Waals surface area contributed by atoms with Gasteiger partial charge in [-0.25, -0.2) is 5.43 Å². The number of aryl methyl sites for hydroxylation is 1. The fourth-order valence-electron chi connectivity index (χ4n) is 3.72. The van der Waals surface area contributed by atoms with Crippen LogP contribution in [-0.2, 0) is 10.4 Å². The van der Waals surface area contributed by atoms with E-state index in [1.54, 1.807) is 37.3 Å². The molecule has 4 rings (SSSR count). The van der Waals surface area contributed by atoms with E-state index in [1.807, 2.05) is 0 Å². The van der Waals surface area contributed by atoms with Crippen molar-refractivity contribution in [1.82, 2.24) is 5.43 Å². The predicted molar refractivity (Wildman–Crippen MR) is 134 cm³/mol. The lowest BCUT2D eigenvalue weighted by Crippen LogP contribution is -2.42. The average Bonchev–Trinajstić information content (AvgIpc) is 3.27. The summed E-state index contributed by atoms with van der Waals surface area (Å²) in [5.74, 6) is -0.480. The van der Waals surface area contributed by atoms with Crippen LogP contribution < -0.4 is 5.43 Å². The maximum absolute atomic E-state index is 14.2. The van der Waals surface area contributed by atoms with Crippen molar-refractivity contribution in [1.29, 1.82) is 0 Å². The van der Waals surface area contributed by atoms with Crippen molar-refractivity contribution in [2.75, 3.05) is 0 Å². The summed E-state index contributed by atoms with van der Waals surface area (Å²) in [6, 6.07) is 15.1. The fraction of sp³-hybridized carbons (Fsp3) is 0.160. The molecule has 1 aliphatic rings. The van der Waals surface area contributed by atoms with Gasteiger partial charge in [0.25, 0.3) is 11.5 Å². The number of oxime groups is 1. The number of benzene rings is 3. The molecule has 1 atom stereocenters. The molecule has 1 aliphatic heterocycles. The van der Waals surface area contributed by atoms with Gasteiger partial charge in [-0.15, -0.1) is 0 Å². The Bertz CT molecular complexity index is 1350. The van der Waals surface area contributed by atoms with E-state index in [0.29, 0.717) is 21.7 Å². The molecule has 0 fully saturated rings. The number of halogens is 6. The van der Waals surface area contributed by atoms with Crippen LogP contribution in [0.2, 0.25) is 15.1 Å². The van der Waals surface area contributed by atoms with Crippen LogP contribution >= 0.6 is 34.8 Å². The van der Waals surface area contributed by atoms with Gasteiger partial charge in [0.05, 0.1) is 11.9 Å². The van der Waals surface area contributed by atoms with Crippen LogP contribution in [-0.4, -0.2) is 24.0 Å². The Labute approximate surface area is 219 Å². The van der Waals surface area contributed by atoms with E-state index in [0.717, 1.165) is 17.7 Å². The maximum atomic E-state index is 14.2. The van der Waals surface area contributed by atoms with Gasteiger partial charge in [0, 0.05) is 32.6 Å². The molecule has 5 nitrogen and oxygen atoms in total. The molecular weight excluding hydrogens is 538 g/mol. The molecule has 11 heteroatoms. The van der Waals surface area contributed by atoms with Crippen LogP contribution in [0.3, 0.4) is 0 Å². The quantitative estimate of drug-likeness (QED) is 0.266. The van der Waals surface area contributed by atoms with Crippen LogP contribution in [0.25, 0.3) is 0 Å². The second-order valence-electron chi connectivity index (χ2n) is 8.07. The van der Waals surface area contributed by atoms with Gasteiger partial charge in [-0.3, -0.25) is 4.79 Å². The minimum Gasteiger partial charge on any atom is -0.374 e. The number of nitrogens with zero attached hydrogens (tertiary/aromatic N) is 2. The van der Waals surface area contributed by atoms with Crippen molar-refractivity contribution in [3.8, 4) is 0 Å². The number of carbonyl (C=O) groups excluding carboxylic acids is 1. The summed E-state index contributed by atoms with van der Waals surface area (Å²) >= 11 is 17.7. The molecule has 3 aromatic rings. The molecule has 0 radical (unpaired) electrons. The Kier molecular flexibility index (Phi) is 7.31. The highest BCUT2D eigenvalue weighted by atomic mass is 35.5. The lowest BCUT2D eigenvalue weighted by molar-refractivity contribution is -0.275. The molecule has 0 aliphatic carbocycles. The first-order valence-electron chi connectivity index (χ1n) is 10.5. The minimum absolute atomic E-state index is 0.0445. The number of hydrogen-bond acceptors (Lipinski definition) is 4. The average molecular weight is 555 g/mol. The highest BCUT2D eigenvalue weighted by molar-refractivity contribution is 6.34. The van der Waals surface area contributed by atoms with Crippen molar-refractivity contribution in [3.63, 3.8) is 0 Å². The van der Waals surface area contributed by atoms with E-state index in [9.17, 15) is 18.0 Å². The van der Waals surface area contributed by atoms with E-state index in [2.05, 4.69) is 15.7 Å². The van der Waals surface area contributed by atoms with Crippen molar-refractivity contribution in [3.05, 3.63) is 104 Å². The number of alkyl halides is 3. The first kappa shape index (κ1) is 26.0. The Hall–Kier alpha value is -3.07. The van der Waals surface area contributed by atoms with Crippen molar-refractivity contribution >= 4 is 52.6 Å². The Balaban J connectivity index is 1.53. The highest BCUT2D eigenvalue weighted by Crippen LogP contribution is 2.49. The zero-order chi connectivity index (χ0) is 26.1. The number of amides is 1. The summed E-state index contributed by atoms with van der Waals surface area (Å²) in [5.41, 5.74) is 1.44. The Morgan fingerprint density at radius 1 is 1.03 bits per heavy atom. The van der Waals surface area contributed by atoms with Gasteiger partial charge < -0.3 is 4.84 Å². The molecule has 0 aromatic heterocycles. The van der Waals surface area contributed by atoms with Crippen molar-refractivity contribution < 1.29 is 22.8 Å². The van der Waals surface area contributed by atoms with Crippen molar-refractivity contribution in [2.45, 2.75) is 25.1 Å². The van der Waals surface area contributed by atoms with E-state index < -0.39 is 24.1 Å². The Morgan fingerprint density at radius 2 is 1.69 bits per heavy atom. The molecule has 1 N–H and O–H groups in total. The molecule has 0 spiro atoms. The van der Waals surface area contributed by atoms with Crippen LogP contribution in [0, 0.1) is 6.92 Å². The minimum atomic E-state index is -4.80. The van der Waals surface area contributed by atoms with Gasteiger partial charge >= 0.3 is 6.18 Å². The molecule has 186 valence electrons. The molecule has 1 unspecified atom stereocenters. The zero-order valence-corrected chi connectivity index (χ0v) is 20.8. The van der Waals surface area contributed by atoms with Crippen LogP contribution in [0.5, 0.6) is 0 Å². The smallest absolute Gasteiger partial charge is 0.374 e. The number of hydrazone groups is 1. The van der Waals surface area contributed by atoms with E-state index in [4.69, 9.17) is 39.6 Å². The van der Waals surface area contributed by atoms with Crippen LogP contribution in [0.15, 0.2) is 70.9 Å². The van der Waals surface area contributed by atoms with Gasteiger partial charge in [-0.2, -0.15) is 18.3 Å². The molecular formula is C25H17Cl3F3N3O2. The number of nitrogens with one attached hydrogen (secondary N) is 1. The van der Waals surface area contributed by atoms with E-state index >= 15 is 0 Å². The summed E-state index contributed by atoms with van der Waals surface area (Å²) in [4.78, 5) is 17.6. The molecule has 1 heterocycles. The fourth-order valence-corrected chi connectivity index (χ4v) is 4.37. The summed E-state index contributed by atoms with van der Waals surface area (Å²) < 4.78 is 42.6. The maximum Gasteiger partial charge on any atom is 0.435 e. The topological polar surface area (TPSA) is 63.0 Å². The highest BCUT2D eigenvalue weighted by Gasteiger charge is 2.62. The molecule has 1 amide bonds. The molecule has 0 saturated heterocycles. The predicted octanol–water partition coefficient (Wildman–Crippen LogP) is 7.30. The third-order valence-corrected chi connectivity index (χ3v) is 6.26. The molecule has 3 aromatic carbocycles. The normalized spacial score (nSPS) is 17.7. The largest absolute Gasteiger partial charge is 0.435 e. The first-order chi connectivity index (χ1) is 17.0. The lowest BCUT2D eigenvalue weighted by atomic mass is 9.86. The molecule has 36 heavy (non-hydrogen) atoms. The van der Waals surface area contributed by atoms with E-state index in [-0.39, 0.29) is 21.3 Å². The third kappa shape index (κ3) is 5.36. The number of carbonyl (C=O) groups is 1. The van der Waals surface area contributed by atoms with Gasteiger partial charge in [0.1, 0.15) is 0 Å². The van der Waals surface area contributed by atoms with E-state index in [1.165, 1.54) is 24.4 Å². The summed E-state index contributed by atoms with van der Waals surface area (Å²) in [7, 11) is 0. The monoisotopic (exact) mass is 553 g/mol. The second-order valence-corrected chi connectivity index (χ2v) is 9.38. The third-order valence-electron chi connectivity index (χ3n) is 5.57. The van der Waals surface area contributed by atoms with Crippen molar-refractivity contribution in [2.24, 2.45) is 10.3 Å². The second kappa shape index (κ2) is 10.1. The van der Waals surface area contributed by atoms with Gasteiger partial charge in [-0.05, 0) is 66.1 Å². The molecule has 0 saturated carbocycles. The first-order valence-corrected chi connectivity index (χ1v) is 11.6. The molecule has 0 bridgehead atoms. The lowest BCUT2D eigenvalue weighted by Gasteiger charge is -2.29. The Morgan fingerprint density at radius 3 is 2.31 bits per heavy atom. The van der Waals surface area contributed by atoms with Gasteiger partial charge in [0.15, 0.2) is 0 Å². The SMILES string of the molecule is Cc1cc(C2=NOC(c3cc(Cl)cc(Cl)c3)(C(F)(F)F)C2)ccc1C(=O)NN=Cc1ccc(Cl)cc1.